The van der Waals surface area contributed by atoms with Crippen molar-refractivity contribution in [2.24, 2.45) is 0 Å². The number of thiazole rings is 1. The topological polar surface area (TPSA) is 73.8 Å². The number of carbonyl (C=O) groups excluding carboxylic acids is 3. The predicted molar refractivity (Wildman–Crippen MR) is 100 cm³/mol. The Kier molecular flexibility index (Phi) is 5.03. The lowest BCUT2D eigenvalue weighted by Crippen LogP contribution is -2.33. The first-order chi connectivity index (χ1) is 12.4. The monoisotopic (exact) mass is 372 g/mol. The molecule has 0 radical (unpaired) electrons. The standard InChI is InChI=1S/C18H20N4O3S/c1-4-20(13(3)23)17-19-14(11-26-17)10-21-16(24)12(2)22(18(21)25)15-8-6-5-7-9-15/h5-9,11-12H,4,10H2,1-3H3/t12-/m0/s1. The van der Waals surface area contributed by atoms with Gasteiger partial charge in [-0.3, -0.25) is 24.3 Å². The van der Waals surface area contributed by atoms with Crippen molar-refractivity contribution in [2.75, 3.05) is 16.3 Å². The minimum absolute atomic E-state index is 0.0920. The number of nitrogens with zero attached hydrogens (tertiary/aromatic N) is 4. The van der Waals surface area contributed by atoms with Crippen LogP contribution in [0.15, 0.2) is 35.7 Å². The third-order valence-electron chi connectivity index (χ3n) is 4.27. The van der Waals surface area contributed by atoms with Crippen LogP contribution < -0.4 is 9.80 Å². The number of imide groups is 1. The number of para-hydroxylation sites is 1. The fourth-order valence-electron chi connectivity index (χ4n) is 2.94. The second kappa shape index (κ2) is 7.25. The largest absolute Gasteiger partial charge is 0.332 e. The Bertz CT molecular complexity index is 836. The molecule has 0 aliphatic carbocycles. The van der Waals surface area contributed by atoms with Crippen molar-refractivity contribution in [1.82, 2.24) is 9.88 Å². The lowest BCUT2D eigenvalue weighted by molar-refractivity contribution is -0.127. The molecule has 1 aliphatic rings. The van der Waals surface area contributed by atoms with Gasteiger partial charge in [0.15, 0.2) is 5.13 Å². The summed E-state index contributed by atoms with van der Waals surface area (Å²) in [5, 5.41) is 2.35. The van der Waals surface area contributed by atoms with E-state index >= 15 is 0 Å². The number of anilines is 2. The van der Waals surface area contributed by atoms with E-state index in [1.165, 1.54) is 28.1 Å². The van der Waals surface area contributed by atoms with Crippen LogP contribution in [0.5, 0.6) is 0 Å². The SMILES string of the molecule is CCN(C(C)=O)c1nc(CN2C(=O)[C@H](C)N(c3ccccc3)C2=O)cs1. The molecule has 8 heteroatoms. The zero-order chi connectivity index (χ0) is 18.8. The molecule has 0 saturated carbocycles. The van der Waals surface area contributed by atoms with Crippen LogP contribution in [0.1, 0.15) is 26.5 Å². The molecule has 4 amide bonds. The van der Waals surface area contributed by atoms with Gasteiger partial charge in [-0.1, -0.05) is 18.2 Å². The number of carbonyl (C=O) groups is 3. The molecule has 1 aromatic carbocycles. The van der Waals surface area contributed by atoms with Crippen LogP contribution >= 0.6 is 11.3 Å². The maximum atomic E-state index is 12.8. The van der Waals surface area contributed by atoms with E-state index in [4.69, 9.17) is 0 Å². The molecule has 1 saturated heterocycles. The van der Waals surface area contributed by atoms with E-state index in [0.29, 0.717) is 23.1 Å². The average Bonchev–Trinajstić information content (AvgIpc) is 3.15. The Morgan fingerprint density at radius 1 is 1.27 bits per heavy atom. The van der Waals surface area contributed by atoms with Crippen LogP contribution in [0.4, 0.5) is 15.6 Å². The van der Waals surface area contributed by atoms with Crippen LogP contribution in [0, 0.1) is 0 Å². The second-order valence-corrected chi connectivity index (χ2v) is 6.81. The summed E-state index contributed by atoms with van der Waals surface area (Å²) < 4.78 is 0. The number of hydrogen-bond acceptors (Lipinski definition) is 5. The van der Waals surface area contributed by atoms with Gasteiger partial charge >= 0.3 is 6.03 Å². The number of hydrogen-bond donors (Lipinski definition) is 0. The van der Waals surface area contributed by atoms with Gasteiger partial charge in [0.2, 0.25) is 5.91 Å². The Morgan fingerprint density at radius 2 is 1.96 bits per heavy atom. The number of benzene rings is 1. The second-order valence-electron chi connectivity index (χ2n) is 5.97. The molecule has 1 aliphatic heterocycles. The molecule has 0 N–H and O–H groups in total. The average molecular weight is 372 g/mol. The van der Waals surface area contributed by atoms with E-state index in [2.05, 4.69) is 4.98 Å². The van der Waals surface area contributed by atoms with E-state index in [-0.39, 0.29) is 24.4 Å². The summed E-state index contributed by atoms with van der Waals surface area (Å²) in [5.74, 6) is -0.349. The van der Waals surface area contributed by atoms with Gasteiger partial charge in [-0.15, -0.1) is 11.3 Å². The van der Waals surface area contributed by atoms with Gasteiger partial charge in [0, 0.05) is 24.5 Å². The van der Waals surface area contributed by atoms with Crippen LogP contribution in [0.25, 0.3) is 0 Å². The van der Waals surface area contributed by atoms with Gasteiger partial charge in [0.25, 0.3) is 5.91 Å². The Morgan fingerprint density at radius 3 is 2.58 bits per heavy atom. The third-order valence-corrected chi connectivity index (χ3v) is 5.18. The maximum absolute atomic E-state index is 12.8. The first kappa shape index (κ1) is 18.1. The van der Waals surface area contributed by atoms with Gasteiger partial charge < -0.3 is 0 Å². The number of aromatic nitrogens is 1. The molecular formula is C18H20N4O3S. The highest BCUT2D eigenvalue weighted by Crippen LogP contribution is 2.28. The van der Waals surface area contributed by atoms with Crippen molar-refractivity contribution >= 4 is 40.0 Å². The molecule has 3 rings (SSSR count). The van der Waals surface area contributed by atoms with Gasteiger partial charge in [0.1, 0.15) is 6.04 Å². The number of urea groups is 1. The zero-order valence-electron chi connectivity index (χ0n) is 14.9. The first-order valence-electron chi connectivity index (χ1n) is 8.36. The first-order valence-corrected chi connectivity index (χ1v) is 9.24. The summed E-state index contributed by atoms with van der Waals surface area (Å²) in [7, 11) is 0. The number of amides is 4. The summed E-state index contributed by atoms with van der Waals surface area (Å²) in [6, 6.07) is 8.21. The Labute approximate surface area is 155 Å². The lowest BCUT2D eigenvalue weighted by Gasteiger charge is -2.19. The van der Waals surface area contributed by atoms with Gasteiger partial charge in [-0.2, -0.15) is 0 Å². The summed E-state index contributed by atoms with van der Waals surface area (Å²) in [6.45, 7) is 5.68. The van der Waals surface area contributed by atoms with Gasteiger partial charge in [-0.25, -0.2) is 9.78 Å². The van der Waals surface area contributed by atoms with E-state index < -0.39 is 6.04 Å². The minimum atomic E-state index is -0.563. The van der Waals surface area contributed by atoms with Gasteiger partial charge in [0.05, 0.1) is 12.2 Å². The van der Waals surface area contributed by atoms with Crippen LogP contribution in [0.2, 0.25) is 0 Å². The molecule has 7 nitrogen and oxygen atoms in total. The molecule has 1 fully saturated rings. The van der Waals surface area contributed by atoms with Crippen molar-refractivity contribution in [3.05, 3.63) is 41.4 Å². The normalized spacial score (nSPS) is 17.1. The van der Waals surface area contributed by atoms with E-state index in [1.54, 1.807) is 29.3 Å². The molecule has 2 aromatic rings. The maximum Gasteiger partial charge on any atom is 0.332 e. The molecule has 1 aromatic heterocycles. The van der Waals surface area contributed by atoms with Crippen LogP contribution in [-0.2, 0) is 16.1 Å². The summed E-state index contributed by atoms with van der Waals surface area (Å²) in [4.78, 5) is 45.7. The Hall–Kier alpha value is -2.74. The minimum Gasteiger partial charge on any atom is -0.289 e. The van der Waals surface area contributed by atoms with Crippen molar-refractivity contribution in [1.29, 1.82) is 0 Å². The van der Waals surface area contributed by atoms with E-state index in [0.717, 1.165) is 0 Å². The molecular weight excluding hydrogens is 352 g/mol. The van der Waals surface area contributed by atoms with Crippen LogP contribution in [-0.4, -0.2) is 40.3 Å². The fourth-order valence-corrected chi connectivity index (χ4v) is 3.87. The molecule has 2 heterocycles. The molecule has 1 atom stereocenters. The molecule has 136 valence electrons. The highest BCUT2D eigenvalue weighted by atomic mass is 32.1. The smallest absolute Gasteiger partial charge is 0.289 e. The fraction of sp³-hybridized carbons (Fsp3) is 0.333. The molecule has 26 heavy (non-hydrogen) atoms. The summed E-state index contributed by atoms with van der Waals surface area (Å²) in [5.41, 5.74) is 1.28. The third kappa shape index (κ3) is 3.20. The Balaban J connectivity index is 1.80. The van der Waals surface area contributed by atoms with E-state index in [1.807, 2.05) is 25.1 Å². The molecule has 0 bridgehead atoms. The highest BCUT2D eigenvalue weighted by Gasteiger charge is 2.43. The van der Waals surface area contributed by atoms with Crippen molar-refractivity contribution in [3.63, 3.8) is 0 Å². The highest BCUT2D eigenvalue weighted by molar-refractivity contribution is 7.14. The number of rotatable bonds is 5. The summed E-state index contributed by atoms with van der Waals surface area (Å²) in [6.07, 6.45) is 0. The van der Waals surface area contributed by atoms with E-state index in [9.17, 15) is 14.4 Å². The predicted octanol–water partition coefficient (Wildman–Crippen LogP) is 2.87. The van der Waals surface area contributed by atoms with Crippen molar-refractivity contribution in [2.45, 2.75) is 33.4 Å². The van der Waals surface area contributed by atoms with Crippen molar-refractivity contribution in [3.8, 4) is 0 Å². The van der Waals surface area contributed by atoms with Gasteiger partial charge in [-0.05, 0) is 26.0 Å². The zero-order valence-corrected chi connectivity index (χ0v) is 15.7. The van der Waals surface area contributed by atoms with Crippen molar-refractivity contribution < 1.29 is 14.4 Å². The molecule has 0 unspecified atom stereocenters. The lowest BCUT2D eigenvalue weighted by atomic mass is 10.2. The van der Waals surface area contributed by atoms with Crippen LogP contribution in [0.3, 0.4) is 0 Å². The quantitative estimate of drug-likeness (QED) is 0.757. The molecule has 0 spiro atoms. The summed E-state index contributed by atoms with van der Waals surface area (Å²) >= 11 is 1.33.